The van der Waals surface area contributed by atoms with Crippen LogP contribution in [-0.2, 0) is 0 Å². The summed E-state index contributed by atoms with van der Waals surface area (Å²) in [6.07, 6.45) is -5.45. The smallest absolute Gasteiger partial charge is 0.324 e. The van der Waals surface area contributed by atoms with Crippen LogP contribution in [-0.4, -0.2) is 16.1 Å². The van der Waals surface area contributed by atoms with E-state index in [2.05, 4.69) is 25.9 Å². The molecule has 0 saturated carbocycles. The van der Waals surface area contributed by atoms with E-state index in [0.29, 0.717) is 21.1 Å². The van der Waals surface area contributed by atoms with E-state index >= 15 is 0 Å². The summed E-state index contributed by atoms with van der Waals surface area (Å²) in [5, 5.41) is 0. The summed E-state index contributed by atoms with van der Waals surface area (Å²) in [5.74, 6) is 0. The molecule has 2 rings (SSSR count). The molecular weight excluding hydrogens is 315 g/mol. The van der Waals surface area contributed by atoms with Gasteiger partial charge in [-0.1, -0.05) is 15.9 Å². The zero-order valence-corrected chi connectivity index (χ0v) is 10.5. The summed E-state index contributed by atoms with van der Waals surface area (Å²) in [7, 11) is 0. The molecule has 0 aliphatic heterocycles. The number of imidazole rings is 1. The van der Waals surface area contributed by atoms with Crippen LogP contribution >= 0.6 is 15.9 Å². The third-order valence-electron chi connectivity index (χ3n) is 2.48. The van der Waals surface area contributed by atoms with Crippen LogP contribution in [0.3, 0.4) is 0 Å². The lowest BCUT2D eigenvalue weighted by Crippen LogP contribution is -2.20. The molecule has 0 spiro atoms. The normalized spacial score (nSPS) is 14.1. The Labute approximate surface area is 108 Å². The molecule has 4 nitrogen and oxygen atoms in total. The van der Waals surface area contributed by atoms with Gasteiger partial charge < -0.3 is 15.7 Å². The molecule has 0 amide bonds. The fourth-order valence-corrected chi connectivity index (χ4v) is 2.35. The van der Waals surface area contributed by atoms with Crippen molar-refractivity contribution in [1.82, 2.24) is 9.97 Å². The van der Waals surface area contributed by atoms with Crippen LogP contribution < -0.4 is 11.4 Å². The minimum absolute atomic E-state index is 0.301. The molecule has 18 heavy (non-hydrogen) atoms. The quantitative estimate of drug-likeness (QED) is 0.794. The van der Waals surface area contributed by atoms with Crippen molar-refractivity contribution in [3.63, 3.8) is 0 Å². The Hall–Kier alpha value is -1.28. The largest absolute Gasteiger partial charge is 0.390 e. The van der Waals surface area contributed by atoms with Gasteiger partial charge in [-0.25, -0.2) is 4.79 Å². The van der Waals surface area contributed by atoms with Gasteiger partial charge in [-0.2, -0.15) is 13.2 Å². The summed E-state index contributed by atoms with van der Waals surface area (Å²) in [4.78, 5) is 16.1. The number of aromatic amines is 2. The second-order valence-electron chi connectivity index (χ2n) is 3.92. The van der Waals surface area contributed by atoms with Gasteiger partial charge in [-0.3, -0.25) is 0 Å². The number of H-pyrrole nitrogens is 2. The number of rotatable bonds is 2. The second kappa shape index (κ2) is 4.43. The Morgan fingerprint density at radius 1 is 1.28 bits per heavy atom. The predicted molar refractivity (Wildman–Crippen MR) is 64.2 cm³/mol. The maximum atomic E-state index is 12.3. The molecule has 1 aromatic heterocycles. The number of nitrogens with one attached hydrogen (secondary N) is 2. The monoisotopic (exact) mass is 323 g/mol. The van der Waals surface area contributed by atoms with E-state index in [9.17, 15) is 18.0 Å². The molecule has 1 aromatic carbocycles. The molecule has 4 N–H and O–H groups in total. The van der Waals surface area contributed by atoms with Crippen molar-refractivity contribution in [2.45, 2.75) is 18.6 Å². The highest BCUT2D eigenvalue weighted by molar-refractivity contribution is 9.10. The molecule has 8 heteroatoms. The minimum atomic E-state index is -4.33. The van der Waals surface area contributed by atoms with Crippen LogP contribution in [0.2, 0.25) is 0 Å². The van der Waals surface area contributed by atoms with Gasteiger partial charge in [0.25, 0.3) is 0 Å². The summed E-state index contributed by atoms with van der Waals surface area (Å²) in [6, 6.07) is 1.79. The molecule has 1 heterocycles. The van der Waals surface area contributed by atoms with Crippen LogP contribution in [0.4, 0.5) is 13.2 Å². The molecule has 0 bridgehead atoms. The summed E-state index contributed by atoms with van der Waals surface area (Å²) < 4.78 is 37.3. The number of benzene rings is 1. The molecule has 0 saturated heterocycles. The van der Waals surface area contributed by atoms with Gasteiger partial charge in [0.1, 0.15) is 0 Å². The van der Waals surface area contributed by atoms with E-state index < -0.39 is 24.3 Å². The van der Waals surface area contributed by atoms with Gasteiger partial charge >= 0.3 is 11.9 Å². The molecule has 0 radical (unpaired) electrons. The standard InChI is InChI=1S/C10H9BrF3N3O/c11-5-2-8-7(16-9(18)17-8)1-4(5)6(15)3-10(12,13)14/h1-2,6H,3,15H2,(H2,16,17,18). The first-order valence-corrected chi connectivity index (χ1v) is 5.79. The van der Waals surface area contributed by atoms with Crippen LogP contribution in [0.15, 0.2) is 21.4 Å². The van der Waals surface area contributed by atoms with Crippen LogP contribution in [0, 0.1) is 0 Å². The van der Waals surface area contributed by atoms with Crippen molar-refractivity contribution in [1.29, 1.82) is 0 Å². The highest BCUT2D eigenvalue weighted by Crippen LogP contribution is 2.32. The first kappa shape index (κ1) is 13.2. The number of aromatic nitrogens is 2. The Balaban J connectivity index is 2.44. The van der Waals surface area contributed by atoms with Crippen molar-refractivity contribution >= 4 is 27.0 Å². The number of nitrogens with two attached hydrogens (primary N) is 1. The van der Waals surface area contributed by atoms with Crippen molar-refractivity contribution in [2.75, 3.05) is 0 Å². The molecule has 1 unspecified atom stereocenters. The average molecular weight is 324 g/mol. The van der Waals surface area contributed by atoms with Gasteiger partial charge in [0.15, 0.2) is 0 Å². The first-order valence-electron chi connectivity index (χ1n) is 5.00. The van der Waals surface area contributed by atoms with Crippen molar-refractivity contribution in [2.24, 2.45) is 5.73 Å². The second-order valence-corrected chi connectivity index (χ2v) is 4.78. The summed E-state index contributed by atoms with van der Waals surface area (Å²) in [5.41, 5.74) is 6.35. The Morgan fingerprint density at radius 3 is 2.39 bits per heavy atom. The van der Waals surface area contributed by atoms with Crippen molar-refractivity contribution in [3.8, 4) is 0 Å². The molecular formula is C10H9BrF3N3O. The Kier molecular flexibility index (Phi) is 3.24. The fraction of sp³-hybridized carbons (Fsp3) is 0.300. The summed E-state index contributed by atoms with van der Waals surface area (Å²) in [6.45, 7) is 0. The van der Waals surface area contributed by atoms with E-state index in [1.165, 1.54) is 12.1 Å². The third-order valence-corrected chi connectivity index (χ3v) is 3.17. The molecule has 2 aromatic rings. The molecule has 0 aliphatic rings. The Bertz CT molecular complexity index is 631. The highest BCUT2D eigenvalue weighted by Gasteiger charge is 2.31. The van der Waals surface area contributed by atoms with Crippen LogP contribution in [0.25, 0.3) is 11.0 Å². The van der Waals surface area contributed by atoms with Crippen LogP contribution in [0.1, 0.15) is 18.0 Å². The number of hydrogen-bond donors (Lipinski definition) is 3. The van der Waals surface area contributed by atoms with Crippen molar-refractivity contribution < 1.29 is 13.2 Å². The number of hydrogen-bond acceptors (Lipinski definition) is 2. The van der Waals surface area contributed by atoms with E-state index in [1.807, 2.05) is 0 Å². The van der Waals surface area contributed by atoms with Gasteiger partial charge in [-0.05, 0) is 17.7 Å². The third kappa shape index (κ3) is 2.75. The van der Waals surface area contributed by atoms with E-state index in [-0.39, 0.29) is 0 Å². The SMILES string of the molecule is NC(CC(F)(F)F)c1cc2[nH]c(=O)[nH]c2cc1Br. The fourth-order valence-electron chi connectivity index (χ4n) is 1.72. The van der Waals surface area contributed by atoms with E-state index in [4.69, 9.17) is 5.73 Å². The lowest BCUT2D eigenvalue weighted by Gasteiger charge is -2.16. The van der Waals surface area contributed by atoms with Gasteiger partial charge in [0.05, 0.1) is 17.5 Å². The number of halogens is 4. The lowest BCUT2D eigenvalue weighted by atomic mass is 10.0. The predicted octanol–water partition coefficient (Wildman–Crippen LogP) is 2.57. The average Bonchev–Trinajstić information content (AvgIpc) is 2.53. The van der Waals surface area contributed by atoms with E-state index in [1.54, 1.807) is 0 Å². The van der Waals surface area contributed by atoms with Crippen LogP contribution in [0.5, 0.6) is 0 Å². The van der Waals surface area contributed by atoms with E-state index in [0.717, 1.165) is 0 Å². The molecule has 1 atom stereocenters. The topological polar surface area (TPSA) is 74.7 Å². The zero-order chi connectivity index (χ0) is 13.5. The molecule has 98 valence electrons. The molecule has 0 aliphatic carbocycles. The molecule has 0 fully saturated rings. The first-order chi connectivity index (χ1) is 8.26. The lowest BCUT2D eigenvalue weighted by molar-refractivity contribution is -0.138. The number of fused-ring (bicyclic) bond motifs is 1. The highest BCUT2D eigenvalue weighted by atomic mass is 79.9. The Morgan fingerprint density at radius 2 is 1.83 bits per heavy atom. The van der Waals surface area contributed by atoms with Gasteiger partial charge in [-0.15, -0.1) is 0 Å². The van der Waals surface area contributed by atoms with Crippen molar-refractivity contribution in [3.05, 3.63) is 32.7 Å². The maximum Gasteiger partial charge on any atom is 0.390 e. The number of alkyl halides is 3. The van der Waals surface area contributed by atoms with Gasteiger partial charge in [0.2, 0.25) is 0 Å². The van der Waals surface area contributed by atoms with Gasteiger partial charge in [0, 0.05) is 10.5 Å². The maximum absolute atomic E-state index is 12.3. The summed E-state index contributed by atoms with van der Waals surface area (Å²) >= 11 is 3.15. The zero-order valence-electron chi connectivity index (χ0n) is 8.94. The minimum Gasteiger partial charge on any atom is -0.324 e.